The van der Waals surface area contributed by atoms with Gasteiger partial charge >= 0.3 is 26.2 Å². The molecule has 5 aliphatic rings. The maximum absolute atomic E-state index is 4.19. The van der Waals surface area contributed by atoms with E-state index in [1.54, 1.807) is 16.0 Å². The van der Waals surface area contributed by atoms with Gasteiger partial charge in [-0.1, -0.05) is 80.7 Å². The molecule has 5 heteroatoms. The second-order valence-corrected chi connectivity index (χ2v) is 15.3. The number of benzene rings is 2. The monoisotopic (exact) mass is 620 g/mol. The molecule has 3 heterocycles. The number of aliphatic imine (C=N–C) groups is 1. The van der Waals surface area contributed by atoms with Gasteiger partial charge in [0, 0.05) is 23.6 Å². The van der Waals surface area contributed by atoms with Crippen LogP contribution < -0.4 is 24.8 Å². The van der Waals surface area contributed by atoms with Crippen LogP contribution in [-0.2, 0) is 26.2 Å². The molecule has 0 atom stereocenters. The van der Waals surface area contributed by atoms with E-state index in [1.807, 2.05) is 12.4 Å². The van der Waals surface area contributed by atoms with E-state index in [0.29, 0.717) is 0 Å². The van der Waals surface area contributed by atoms with Crippen molar-refractivity contribution in [3.63, 3.8) is 0 Å². The molecule has 8 rings (SSSR count). The third-order valence-electron chi connectivity index (χ3n) is 8.43. The van der Waals surface area contributed by atoms with Crippen molar-refractivity contribution in [1.82, 2.24) is 0 Å². The van der Waals surface area contributed by atoms with Gasteiger partial charge in [-0.3, -0.25) is 4.99 Å². The van der Waals surface area contributed by atoms with Gasteiger partial charge in [0.05, 0.1) is 0 Å². The van der Waals surface area contributed by atoms with Crippen LogP contribution in [0.4, 0.5) is 0 Å². The summed E-state index contributed by atoms with van der Waals surface area (Å²) in [6.45, 7) is 9.30. The predicted octanol–water partition coefficient (Wildman–Crippen LogP) is 2.97. The standard InChI is InChI=1S/C22H23.C10H11NSi.2ClH.Zr/c1-16-14-20-8-5-9-21(22(20)15-16)19-12-10-18(11-13-19)17-6-3-2-4-7-17;1-6-9-7-4-11-5-8(7)10(6)12(9,2)3;;;/h5,8-15,17H,2-4,6-7H2,1H3;4-5H,1-3H3;2*1H;/q-1;;;;+3/p-2. The molecule has 0 N–H and O–H groups in total. The molecule has 3 aromatic rings. The molecule has 0 amide bonds. The van der Waals surface area contributed by atoms with Gasteiger partial charge in [-0.25, -0.2) is 0 Å². The number of allylic oxidation sites excluding steroid dienone is 5. The molecule has 1 saturated carbocycles. The average molecular weight is 623 g/mol. The van der Waals surface area contributed by atoms with Crippen molar-refractivity contribution in [2.45, 2.75) is 65.0 Å². The first-order valence-corrected chi connectivity index (χ1v) is 15.9. The molecule has 1 fully saturated rings. The first-order valence-electron chi connectivity index (χ1n) is 12.9. The average Bonchev–Trinajstić information content (AvgIpc) is 3.56. The van der Waals surface area contributed by atoms with Crippen LogP contribution in [0.2, 0.25) is 13.1 Å². The fourth-order valence-corrected chi connectivity index (χ4v) is 10.9. The van der Waals surface area contributed by atoms with E-state index in [2.05, 4.69) is 86.5 Å². The summed E-state index contributed by atoms with van der Waals surface area (Å²) in [5.41, 5.74) is 10.0. The molecule has 1 nitrogen and oxygen atoms in total. The van der Waals surface area contributed by atoms with E-state index >= 15 is 0 Å². The summed E-state index contributed by atoms with van der Waals surface area (Å²) in [5.74, 6) is 0.791. The second kappa shape index (κ2) is 11.8. The Balaban J connectivity index is 0.000000217. The van der Waals surface area contributed by atoms with Crippen molar-refractivity contribution < 1.29 is 51.0 Å². The number of rotatable bonds is 2. The molecule has 189 valence electrons. The fraction of sp³-hybridized carbons (Fsp3) is 0.312. The van der Waals surface area contributed by atoms with Crippen LogP contribution in [0.1, 0.15) is 56.1 Å². The van der Waals surface area contributed by atoms with Crippen LogP contribution in [0.5, 0.6) is 0 Å². The van der Waals surface area contributed by atoms with Gasteiger partial charge < -0.3 is 24.8 Å². The molecular weight excluding hydrogens is 589 g/mol. The van der Waals surface area contributed by atoms with E-state index in [4.69, 9.17) is 0 Å². The predicted molar refractivity (Wildman–Crippen MR) is 149 cm³/mol. The van der Waals surface area contributed by atoms with Crippen LogP contribution in [0.3, 0.4) is 0 Å². The minimum atomic E-state index is -1.11. The minimum absolute atomic E-state index is 0. The molecule has 0 saturated heterocycles. The Morgan fingerprint density at radius 1 is 0.892 bits per heavy atom. The van der Waals surface area contributed by atoms with Crippen molar-refractivity contribution in [2.24, 2.45) is 4.99 Å². The van der Waals surface area contributed by atoms with Gasteiger partial charge in [0.1, 0.15) is 8.07 Å². The molecule has 0 spiro atoms. The molecular formula is C32H34Cl2NSiZr. The Morgan fingerprint density at radius 2 is 1.59 bits per heavy atom. The van der Waals surface area contributed by atoms with Crippen LogP contribution in [0.25, 0.3) is 21.9 Å². The number of hydrogen-bond acceptors (Lipinski definition) is 1. The Labute approximate surface area is 254 Å². The van der Waals surface area contributed by atoms with Crippen LogP contribution in [-0.4, -0.2) is 14.3 Å². The van der Waals surface area contributed by atoms with Gasteiger partial charge in [-0.2, -0.15) is 6.07 Å². The maximum atomic E-state index is 4.19. The zero-order chi connectivity index (χ0) is 23.4. The summed E-state index contributed by atoms with van der Waals surface area (Å²) in [4.78, 5) is 4.19. The van der Waals surface area contributed by atoms with Gasteiger partial charge in [0.2, 0.25) is 0 Å². The van der Waals surface area contributed by atoms with Gasteiger partial charge in [-0.15, -0.1) is 34.5 Å². The number of hydrogen-bond donors (Lipinski definition) is 0. The zero-order valence-electron chi connectivity index (χ0n) is 22.2. The molecule has 1 radical (unpaired) electrons. The van der Waals surface area contributed by atoms with Crippen LogP contribution >= 0.6 is 0 Å². The Kier molecular flexibility index (Phi) is 9.61. The summed E-state index contributed by atoms with van der Waals surface area (Å²) in [6, 6.07) is 20.6. The smallest absolute Gasteiger partial charge is 1.00 e. The van der Waals surface area contributed by atoms with Gasteiger partial charge in [-0.05, 0) is 47.2 Å². The van der Waals surface area contributed by atoms with Crippen molar-refractivity contribution in [1.29, 1.82) is 0 Å². The van der Waals surface area contributed by atoms with Gasteiger partial charge in [0.25, 0.3) is 0 Å². The van der Waals surface area contributed by atoms with E-state index in [-0.39, 0.29) is 51.0 Å². The van der Waals surface area contributed by atoms with Crippen molar-refractivity contribution in [3.05, 3.63) is 99.0 Å². The van der Waals surface area contributed by atoms with Crippen molar-refractivity contribution in [2.75, 3.05) is 0 Å². The SMILES string of the molecule is CC1=C2C3=CN=CC3=C1[Si]2(C)C.Cc1cc2c(-c3ccc(C4CCCCC4)cc3)cccc2[cH-]1.[Cl-].[Cl-].[Zr+3]. The summed E-state index contributed by atoms with van der Waals surface area (Å²) >= 11 is 0. The number of aryl methyl sites for hydroxylation is 1. The summed E-state index contributed by atoms with van der Waals surface area (Å²) in [6.07, 6.45) is 11.0. The normalized spacial score (nSPS) is 18.6. The fourth-order valence-electron chi connectivity index (χ4n) is 6.93. The van der Waals surface area contributed by atoms with E-state index in [0.717, 1.165) is 5.92 Å². The topological polar surface area (TPSA) is 12.4 Å². The first-order chi connectivity index (χ1) is 16.4. The van der Waals surface area contributed by atoms with E-state index in [1.165, 1.54) is 76.3 Å². The largest absolute Gasteiger partial charge is 3.00 e. The molecule has 2 bridgehead atoms. The Bertz CT molecular complexity index is 1420. The van der Waals surface area contributed by atoms with Crippen molar-refractivity contribution in [3.8, 4) is 11.1 Å². The molecule has 37 heavy (non-hydrogen) atoms. The third kappa shape index (κ3) is 5.14. The number of nitrogens with zero attached hydrogens (tertiary/aromatic N) is 1. The number of halogens is 2. The number of fused-ring (bicyclic) bond motifs is 1. The molecule has 0 aromatic heterocycles. The summed E-state index contributed by atoms with van der Waals surface area (Å²) < 4.78 is 0. The third-order valence-corrected chi connectivity index (χ3v) is 12.2. The molecule has 0 unspecified atom stereocenters. The zero-order valence-corrected chi connectivity index (χ0v) is 27.1. The maximum Gasteiger partial charge on any atom is 3.00 e. The molecule has 2 aliphatic carbocycles. The summed E-state index contributed by atoms with van der Waals surface area (Å²) in [7, 11) is -1.11. The van der Waals surface area contributed by atoms with Crippen molar-refractivity contribution >= 4 is 25.1 Å². The van der Waals surface area contributed by atoms with Gasteiger partial charge in [0.15, 0.2) is 0 Å². The van der Waals surface area contributed by atoms with Crippen LogP contribution in [0.15, 0.2) is 92.9 Å². The Morgan fingerprint density at radius 3 is 2.24 bits per heavy atom. The summed E-state index contributed by atoms with van der Waals surface area (Å²) in [5, 5.41) is 6.05. The quantitative estimate of drug-likeness (QED) is 0.308. The van der Waals surface area contributed by atoms with E-state index < -0.39 is 8.07 Å². The second-order valence-electron chi connectivity index (χ2n) is 11.0. The molecule has 3 aliphatic heterocycles. The Hall–Kier alpha value is -1.38. The van der Waals surface area contributed by atoms with Crippen LogP contribution in [0, 0.1) is 6.92 Å². The molecule has 3 aromatic carbocycles. The van der Waals surface area contributed by atoms with E-state index in [9.17, 15) is 0 Å². The minimum Gasteiger partial charge on any atom is -1.00 e. The first kappa shape index (κ1) is 30.2.